The number of halogens is 5. The Morgan fingerprint density at radius 2 is 2.05 bits per heavy atom. The van der Waals surface area contributed by atoms with Gasteiger partial charge in [0, 0.05) is 6.20 Å². The van der Waals surface area contributed by atoms with Gasteiger partial charge in [0.15, 0.2) is 0 Å². The first kappa shape index (κ1) is 15.7. The standard InChI is InChI=1S/C10H12F5N3O/c11-7-1-6(2-17-3-7)8(18-16)4-19-5-10(14,15)9(12)13/h1-3,8-9,18H,4-5,16H2. The molecule has 0 aromatic carbocycles. The predicted octanol–water partition coefficient (Wildman–Crippen LogP) is 1.64. The molecule has 3 N–H and O–H groups in total. The lowest BCUT2D eigenvalue weighted by atomic mass is 10.1. The Hall–Kier alpha value is -1.32. The zero-order valence-electron chi connectivity index (χ0n) is 9.62. The first-order valence-electron chi connectivity index (χ1n) is 5.17. The fraction of sp³-hybridized carbons (Fsp3) is 0.500. The van der Waals surface area contributed by atoms with Crippen molar-refractivity contribution in [2.24, 2.45) is 5.84 Å². The number of ether oxygens (including phenoxy) is 1. The molecule has 0 amide bonds. The van der Waals surface area contributed by atoms with E-state index in [-0.39, 0.29) is 5.56 Å². The second-order valence-corrected chi connectivity index (χ2v) is 3.73. The van der Waals surface area contributed by atoms with Crippen molar-refractivity contribution in [3.8, 4) is 0 Å². The maximum atomic E-state index is 12.9. The lowest BCUT2D eigenvalue weighted by Crippen LogP contribution is -2.36. The summed E-state index contributed by atoms with van der Waals surface area (Å²) in [6.45, 7) is -1.88. The molecule has 0 bridgehead atoms. The summed E-state index contributed by atoms with van der Waals surface area (Å²) in [6.07, 6.45) is -1.61. The largest absolute Gasteiger partial charge is 0.373 e. The molecule has 4 nitrogen and oxygen atoms in total. The summed E-state index contributed by atoms with van der Waals surface area (Å²) in [7, 11) is 0. The minimum absolute atomic E-state index is 0.253. The number of aromatic nitrogens is 1. The van der Waals surface area contributed by atoms with E-state index in [9.17, 15) is 22.0 Å². The molecule has 1 atom stereocenters. The third-order valence-corrected chi connectivity index (χ3v) is 2.23. The van der Waals surface area contributed by atoms with Crippen LogP contribution in [0, 0.1) is 5.82 Å². The zero-order valence-corrected chi connectivity index (χ0v) is 9.62. The van der Waals surface area contributed by atoms with Crippen LogP contribution < -0.4 is 11.3 Å². The fourth-order valence-electron chi connectivity index (χ4n) is 1.24. The highest BCUT2D eigenvalue weighted by atomic mass is 19.3. The number of rotatable bonds is 7. The maximum Gasteiger partial charge on any atom is 0.330 e. The molecule has 108 valence electrons. The number of nitrogens with two attached hydrogens (primary N) is 1. The molecule has 0 aliphatic heterocycles. The van der Waals surface area contributed by atoms with Crippen LogP contribution in [0.2, 0.25) is 0 Å². The molecule has 0 aliphatic carbocycles. The molecule has 0 fully saturated rings. The quantitative estimate of drug-likeness (QED) is 0.454. The first-order valence-corrected chi connectivity index (χ1v) is 5.17. The van der Waals surface area contributed by atoms with Crippen LogP contribution >= 0.6 is 0 Å². The van der Waals surface area contributed by atoms with Crippen LogP contribution in [0.15, 0.2) is 18.5 Å². The van der Waals surface area contributed by atoms with E-state index in [0.29, 0.717) is 0 Å². The second-order valence-electron chi connectivity index (χ2n) is 3.73. The average Bonchev–Trinajstić information content (AvgIpc) is 2.34. The Kier molecular flexibility index (Phi) is 5.58. The number of nitrogens with one attached hydrogen (secondary N) is 1. The van der Waals surface area contributed by atoms with Crippen LogP contribution in [0.4, 0.5) is 22.0 Å². The molecule has 1 rings (SSSR count). The minimum Gasteiger partial charge on any atom is -0.373 e. The van der Waals surface area contributed by atoms with Gasteiger partial charge in [0.1, 0.15) is 12.4 Å². The van der Waals surface area contributed by atoms with Crippen LogP contribution in [-0.2, 0) is 4.74 Å². The van der Waals surface area contributed by atoms with Gasteiger partial charge in [-0.1, -0.05) is 0 Å². The fourth-order valence-corrected chi connectivity index (χ4v) is 1.24. The van der Waals surface area contributed by atoms with Gasteiger partial charge in [0.05, 0.1) is 18.8 Å². The molecule has 0 aliphatic rings. The predicted molar refractivity (Wildman–Crippen MR) is 56.0 cm³/mol. The van der Waals surface area contributed by atoms with Crippen LogP contribution in [0.25, 0.3) is 0 Å². The first-order chi connectivity index (χ1) is 8.86. The Morgan fingerprint density at radius 3 is 2.58 bits per heavy atom. The van der Waals surface area contributed by atoms with Crippen LogP contribution in [0.1, 0.15) is 11.6 Å². The van der Waals surface area contributed by atoms with Gasteiger partial charge in [-0.25, -0.2) is 13.2 Å². The lowest BCUT2D eigenvalue weighted by molar-refractivity contribution is -0.167. The molecule has 0 spiro atoms. The molecular weight excluding hydrogens is 273 g/mol. The van der Waals surface area contributed by atoms with Gasteiger partial charge >= 0.3 is 12.3 Å². The number of alkyl halides is 4. The van der Waals surface area contributed by atoms with E-state index in [1.807, 2.05) is 0 Å². The van der Waals surface area contributed by atoms with Gasteiger partial charge in [-0.15, -0.1) is 0 Å². The number of nitrogens with zero attached hydrogens (tertiary/aromatic N) is 1. The van der Waals surface area contributed by atoms with E-state index in [2.05, 4.69) is 15.1 Å². The maximum absolute atomic E-state index is 12.9. The summed E-state index contributed by atoms with van der Waals surface area (Å²) in [6, 6.07) is 0.239. The number of pyridine rings is 1. The second kappa shape index (κ2) is 6.73. The molecular formula is C10H12F5N3O. The number of hydrogen-bond donors (Lipinski definition) is 2. The van der Waals surface area contributed by atoms with E-state index < -0.39 is 37.4 Å². The van der Waals surface area contributed by atoms with E-state index in [4.69, 9.17) is 5.84 Å². The Labute approximate surface area is 105 Å². The van der Waals surface area contributed by atoms with E-state index in [1.54, 1.807) is 0 Å². The van der Waals surface area contributed by atoms with E-state index in [1.165, 1.54) is 6.20 Å². The SMILES string of the molecule is NNC(COCC(F)(F)C(F)F)c1cncc(F)c1. The van der Waals surface area contributed by atoms with Crippen molar-refractivity contribution in [3.63, 3.8) is 0 Å². The number of hydrogen-bond acceptors (Lipinski definition) is 4. The topological polar surface area (TPSA) is 60.2 Å². The highest BCUT2D eigenvalue weighted by Gasteiger charge is 2.41. The molecule has 1 aromatic heterocycles. The monoisotopic (exact) mass is 285 g/mol. The molecule has 19 heavy (non-hydrogen) atoms. The molecule has 1 unspecified atom stereocenters. The lowest BCUT2D eigenvalue weighted by Gasteiger charge is -2.19. The normalized spacial score (nSPS) is 13.8. The van der Waals surface area contributed by atoms with Gasteiger partial charge in [0.25, 0.3) is 0 Å². The highest BCUT2D eigenvalue weighted by Crippen LogP contribution is 2.23. The summed E-state index contributed by atoms with van der Waals surface area (Å²) in [4.78, 5) is 3.54. The van der Waals surface area contributed by atoms with Gasteiger partial charge in [0.2, 0.25) is 0 Å². The van der Waals surface area contributed by atoms with Crippen LogP contribution in [0.5, 0.6) is 0 Å². The van der Waals surface area contributed by atoms with Crippen molar-refractivity contribution >= 4 is 0 Å². The van der Waals surface area contributed by atoms with Crippen LogP contribution in [0.3, 0.4) is 0 Å². The summed E-state index contributed by atoms with van der Waals surface area (Å²) >= 11 is 0. The third-order valence-electron chi connectivity index (χ3n) is 2.23. The van der Waals surface area contributed by atoms with Crippen molar-refractivity contribution < 1.29 is 26.7 Å². The molecule has 0 saturated heterocycles. The van der Waals surface area contributed by atoms with Gasteiger partial charge in [-0.3, -0.25) is 16.3 Å². The van der Waals surface area contributed by atoms with Gasteiger partial charge < -0.3 is 4.74 Å². The molecule has 9 heteroatoms. The van der Waals surface area contributed by atoms with Gasteiger partial charge in [-0.05, 0) is 11.6 Å². The van der Waals surface area contributed by atoms with Crippen molar-refractivity contribution in [2.75, 3.05) is 13.2 Å². The number of hydrazine groups is 1. The minimum atomic E-state index is -4.24. The third kappa shape index (κ3) is 4.69. The Bertz CT molecular complexity index is 405. The van der Waals surface area contributed by atoms with Crippen LogP contribution in [-0.4, -0.2) is 30.5 Å². The average molecular weight is 285 g/mol. The highest BCUT2D eigenvalue weighted by molar-refractivity contribution is 5.14. The summed E-state index contributed by atoms with van der Waals surface area (Å²) < 4.78 is 66.2. The Morgan fingerprint density at radius 1 is 1.37 bits per heavy atom. The van der Waals surface area contributed by atoms with Crippen molar-refractivity contribution in [1.29, 1.82) is 0 Å². The summed E-state index contributed by atoms with van der Waals surface area (Å²) in [5.41, 5.74) is 2.45. The van der Waals surface area contributed by atoms with Crippen molar-refractivity contribution in [2.45, 2.75) is 18.4 Å². The molecule has 0 radical (unpaired) electrons. The Balaban J connectivity index is 2.55. The van der Waals surface area contributed by atoms with Crippen molar-refractivity contribution in [3.05, 3.63) is 29.8 Å². The van der Waals surface area contributed by atoms with E-state index >= 15 is 0 Å². The summed E-state index contributed by atoms with van der Waals surface area (Å²) in [5.74, 6) is 0.269. The molecule has 1 heterocycles. The van der Waals surface area contributed by atoms with Crippen molar-refractivity contribution in [1.82, 2.24) is 10.4 Å². The van der Waals surface area contributed by atoms with E-state index in [0.717, 1.165) is 12.3 Å². The smallest absolute Gasteiger partial charge is 0.330 e. The summed E-state index contributed by atoms with van der Waals surface area (Å²) in [5, 5.41) is 0. The van der Waals surface area contributed by atoms with Gasteiger partial charge in [-0.2, -0.15) is 8.78 Å². The molecule has 0 saturated carbocycles. The molecule has 1 aromatic rings. The zero-order chi connectivity index (χ0) is 14.5.